The first-order valence-electron chi connectivity index (χ1n) is 5.92. The number of rotatable bonds is 4. The van der Waals surface area contributed by atoms with Gasteiger partial charge in [-0.3, -0.25) is 0 Å². The minimum absolute atomic E-state index is 0.0695. The van der Waals surface area contributed by atoms with Crippen molar-refractivity contribution in [2.75, 3.05) is 7.11 Å². The summed E-state index contributed by atoms with van der Waals surface area (Å²) in [5.74, 6) is -0.504. The van der Waals surface area contributed by atoms with Gasteiger partial charge in [0.2, 0.25) is 0 Å². The number of hydrogen-bond donors (Lipinski definition) is 0. The normalized spacial score (nSPS) is 14.1. The fourth-order valence-corrected chi connectivity index (χ4v) is 1.89. The standard InChI is InChI=1S/C14H19NO3/c1-10(2)13(12-8-6-5-7-9-12)15(17)11(3)14(16)18-4/h5-10,13H,1-4H3. The largest absolute Gasteiger partial charge is 0.623 e. The van der Waals surface area contributed by atoms with Gasteiger partial charge in [0.15, 0.2) is 6.04 Å². The van der Waals surface area contributed by atoms with E-state index in [0.717, 1.165) is 10.3 Å². The van der Waals surface area contributed by atoms with E-state index in [1.807, 2.05) is 44.2 Å². The van der Waals surface area contributed by atoms with Crippen LogP contribution < -0.4 is 0 Å². The molecule has 4 nitrogen and oxygen atoms in total. The number of hydroxylamine groups is 1. The van der Waals surface area contributed by atoms with E-state index in [2.05, 4.69) is 4.74 Å². The first kappa shape index (κ1) is 14.2. The Balaban J connectivity index is 3.19. The molecule has 0 aliphatic heterocycles. The van der Waals surface area contributed by atoms with Gasteiger partial charge in [-0.1, -0.05) is 44.2 Å². The van der Waals surface area contributed by atoms with Crippen LogP contribution in [0.5, 0.6) is 0 Å². The van der Waals surface area contributed by atoms with Gasteiger partial charge in [0, 0.05) is 18.4 Å². The summed E-state index contributed by atoms with van der Waals surface area (Å²) in [5, 5.41) is 12.3. The van der Waals surface area contributed by atoms with Gasteiger partial charge in [0.05, 0.1) is 7.11 Å². The lowest BCUT2D eigenvalue weighted by Crippen LogP contribution is -2.29. The maximum Gasteiger partial charge on any atom is 0.399 e. The molecular weight excluding hydrogens is 230 g/mol. The van der Waals surface area contributed by atoms with Crippen LogP contribution in [0, 0.1) is 11.1 Å². The van der Waals surface area contributed by atoms with Gasteiger partial charge in [0.1, 0.15) is 0 Å². The Labute approximate surface area is 107 Å². The summed E-state index contributed by atoms with van der Waals surface area (Å²) in [6.07, 6.45) is 0. The number of ether oxygens (including phenoxy) is 1. The van der Waals surface area contributed by atoms with Crippen LogP contribution in [0.1, 0.15) is 32.4 Å². The molecule has 0 bridgehead atoms. The zero-order valence-electron chi connectivity index (χ0n) is 11.2. The van der Waals surface area contributed by atoms with Crippen molar-refractivity contribution in [3.05, 3.63) is 41.1 Å². The van der Waals surface area contributed by atoms with E-state index in [-0.39, 0.29) is 17.7 Å². The fourth-order valence-electron chi connectivity index (χ4n) is 1.89. The Hall–Kier alpha value is -1.84. The van der Waals surface area contributed by atoms with Crippen molar-refractivity contribution in [3.63, 3.8) is 0 Å². The number of esters is 1. The number of nitrogens with zero attached hydrogens (tertiary/aromatic N) is 1. The Morgan fingerprint density at radius 1 is 1.28 bits per heavy atom. The van der Waals surface area contributed by atoms with Crippen LogP contribution in [0.25, 0.3) is 0 Å². The van der Waals surface area contributed by atoms with Crippen LogP contribution in [0.3, 0.4) is 0 Å². The predicted molar refractivity (Wildman–Crippen MR) is 70.3 cm³/mol. The molecule has 0 amide bonds. The van der Waals surface area contributed by atoms with E-state index in [0.29, 0.717) is 0 Å². The molecule has 0 radical (unpaired) electrons. The molecule has 0 fully saturated rings. The topological polar surface area (TPSA) is 52.4 Å². The summed E-state index contributed by atoms with van der Waals surface area (Å²) < 4.78 is 5.32. The van der Waals surface area contributed by atoms with Gasteiger partial charge in [-0.25, -0.2) is 4.79 Å². The van der Waals surface area contributed by atoms with Crippen LogP contribution in [0.4, 0.5) is 0 Å². The van der Waals surface area contributed by atoms with Crippen molar-refractivity contribution in [2.24, 2.45) is 5.92 Å². The number of hydrogen-bond acceptors (Lipinski definition) is 3. The number of carbonyl (C=O) groups excluding carboxylic acids is 1. The van der Waals surface area contributed by atoms with Crippen molar-refractivity contribution in [3.8, 4) is 0 Å². The summed E-state index contributed by atoms with van der Waals surface area (Å²) >= 11 is 0. The highest BCUT2D eigenvalue weighted by Crippen LogP contribution is 2.25. The van der Waals surface area contributed by atoms with Crippen molar-refractivity contribution < 1.29 is 14.3 Å². The molecule has 98 valence electrons. The molecule has 0 aromatic heterocycles. The van der Waals surface area contributed by atoms with Gasteiger partial charge < -0.3 is 9.94 Å². The van der Waals surface area contributed by atoms with Crippen LogP contribution in [-0.4, -0.2) is 23.5 Å². The van der Waals surface area contributed by atoms with Crippen molar-refractivity contribution in [1.29, 1.82) is 0 Å². The number of benzene rings is 1. The van der Waals surface area contributed by atoms with Gasteiger partial charge in [-0.05, 0) is 0 Å². The van der Waals surface area contributed by atoms with Gasteiger partial charge in [-0.15, -0.1) is 0 Å². The first-order valence-corrected chi connectivity index (χ1v) is 5.92. The highest BCUT2D eigenvalue weighted by molar-refractivity contribution is 6.33. The summed E-state index contributed by atoms with van der Waals surface area (Å²) in [6, 6.07) is 9.05. The molecule has 0 saturated heterocycles. The quantitative estimate of drug-likeness (QED) is 0.271. The van der Waals surface area contributed by atoms with Gasteiger partial charge >= 0.3 is 5.97 Å². The summed E-state index contributed by atoms with van der Waals surface area (Å²) in [4.78, 5) is 11.4. The lowest BCUT2D eigenvalue weighted by Gasteiger charge is -2.21. The molecule has 1 aromatic rings. The summed E-state index contributed by atoms with van der Waals surface area (Å²) in [6.45, 7) is 5.39. The van der Waals surface area contributed by atoms with Crippen LogP contribution in [0.15, 0.2) is 30.3 Å². The van der Waals surface area contributed by atoms with Gasteiger partial charge in [-0.2, -0.15) is 4.74 Å². The second kappa shape index (κ2) is 6.19. The van der Waals surface area contributed by atoms with Crippen molar-refractivity contribution in [1.82, 2.24) is 0 Å². The Kier molecular flexibility index (Phi) is 4.89. The number of methoxy groups -OCH3 is 1. The van der Waals surface area contributed by atoms with E-state index in [1.54, 1.807) is 0 Å². The molecular formula is C14H19NO3. The van der Waals surface area contributed by atoms with E-state index in [4.69, 9.17) is 0 Å². The minimum Gasteiger partial charge on any atom is -0.623 e. The summed E-state index contributed by atoms with van der Waals surface area (Å²) in [5.41, 5.74) is 0.964. The molecule has 0 aliphatic rings. The second-order valence-corrected chi connectivity index (χ2v) is 4.50. The highest BCUT2D eigenvalue weighted by Gasteiger charge is 2.27. The molecule has 18 heavy (non-hydrogen) atoms. The highest BCUT2D eigenvalue weighted by atomic mass is 16.5. The molecule has 1 aromatic carbocycles. The lowest BCUT2D eigenvalue weighted by molar-refractivity contribution is -0.517. The van der Waals surface area contributed by atoms with E-state index < -0.39 is 5.97 Å². The fraction of sp³-hybridized carbons (Fsp3) is 0.429. The summed E-state index contributed by atoms with van der Waals surface area (Å²) in [7, 11) is 1.27. The zero-order chi connectivity index (χ0) is 13.7. The molecule has 1 unspecified atom stereocenters. The predicted octanol–water partition coefficient (Wildman–Crippen LogP) is 2.53. The van der Waals surface area contributed by atoms with E-state index in [1.165, 1.54) is 14.0 Å². The molecule has 0 spiro atoms. The molecule has 1 atom stereocenters. The zero-order valence-corrected chi connectivity index (χ0v) is 11.2. The second-order valence-electron chi connectivity index (χ2n) is 4.50. The molecule has 0 heterocycles. The average Bonchev–Trinajstić information content (AvgIpc) is 2.37. The molecule has 4 heteroatoms. The van der Waals surface area contributed by atoms with E-state index in [9.17, 15) is 10.0 Å². The minimum atomic E-state index is -0.591. The maximum atomic E-state index is 12.3. The Morgan fingerprint density at radius 2 is 1.83 bits per heavy atom. The van der Waals surface area contributed by atoms with Crippen LogP contribution >= 0.6 is 0 Å². The number of carbonyl (C=O) groups is 1. The van der Waals surface area contributed by atoms with Crippen molar-refractivity contribution in [2.45, 2.75) is 26.8 Å². The molecule has 0 saturated carbocycles. The van der Waals surface area contributed by atoms with E-state index >= 15 is 0 Å². The Morgan fingerprint density at radius 3 is 2.28 bits per heavy atom. The van der Waals surface area contributed by atoms with Crippen molar-refractivity contribution >= 4 is 11.7 Å². The smallest absolute Gasteiger partial charge is 0.399 e. The average molecular weight is 249 g/mol. The third kappa shape index (κ3) is 3.09. The first-order chi connectivity index (χ1) is 8.49. The monoisotopic (exact) mass is 249 g/mol. The van der Waals surface area contributed by atoms with Crippen LogP contribution in [-0.2, 0) is 9.53 Å². The van der Waals surface area contributed by atoms with Gasteiger partial charge in [0.25, 0.3) is 5.71 Å². The van der Waals surface area contributed by atoms with Crippen LogP contribution in [0.2, 0.25) is 0 Å². The Bertz CT molecular complexity index is 438. The maximum absolute atomic E-state index is 12.3. The SMILES string of the molecule is COC(=O)C(C)=[N+]([O-])C(c1ccccc1)C(C)C. The molecule has 0 aliphatic carbocycles. The lowest BCUT2D eigenvalue weighted by atomic mass is 9.96. The molecule has 0 N–H and O–H groups in total. The molecule has 1 rings (SSSR count). The third-order valence-corrected chi connectivity index (χ3v) is 2.84. The third-order valence-electron chi connectivity index (χ3n) is 2.84.